The molecule has 0 aromatic heterocycles. The Kier molecular flexibility index (Phi) is 4.66. The van der Waals surface area contributed by atoms with Gasteiger partial charge in [0.1, 0.15) is 5.75 Å². The van der Waals surface area contributed by atoms with Gasteiger partial charge in [-0.15, -0.1) is 0 Å². The molecule has 1 heteroatoms. The SMILES string of the molecule is COc1ccc(/C=C/CC2CCCCC2)cc1. The highest BCUT2D eigenvalue weighted by Crippen LogP contribution is 2.26. The van der Waals surface area contributed by atoms with Gasteiger partial charge < -0.3 is 4.74 Å². The van der Waals surface area contributed by atoms with Crippen LogP contribution in [-0.4, -0.2) is 7.11 Å². The predicted octanol–water partition coefficient (Wildman–Crippen LogP) is 4.68. The molecule has 0 heterocycles. The van der Waals surface area contributed by atoms with E-state index in [2.05, 4.69) is 24.3 Å². The first-order chi connectivity index (χ1) is 8.38. The molecule has 2 rings (SSSR count). The molecule has 0 atom stereocenters. The van der Waals surface area contributed by atoms with Gasteiger partial charge in [-0.1, -0.05) is 56.4 Å². The topological polar surface area (TPSA) is 9.23 Å². The summed E-state index contributed by atoms with van der Waals surface area (Å²) in [5, 5.41) is 0. The maximum atomic E-state index is 5.14. The zero-order chi connectivity index (χ0) is 11.9. The van der Waals surface area contributed by atoms with Crippen molar-refractivity contribution in [2.75, 3.05) is 7.11 Å². The summed E-state index contributed by atoms with van der Waals surface area (Å²) in [5.74, 6) is 1.85. The van der Waals surface area contributed by atoms with E-state index < -0.39 is 0 Å². The van der Waals surface area contributed by atoms with Gasteiger partial charge in [-0.05, 0) is 30.0 Å². The summed E-state index contributed by atoms with van der Waals surface area (Å²) in [6.07, 6.45) is 13.0. The molecular formula is C16H22O. The standard InChI is InChI=1S/C16H22O/c1-17-16-12-10-15(11-13-16)9-5-8-14-6-3-2-4-7-14/h5,9-14H,2-4,6-8H2,1H3/b9-5+. The number of benzene rings is 1. The minimum atomic E-state index is 0.925. The molecule has 1 fully saturated rings. The Bertz CT molecular complexity index is 344. The summed E-state index contributed by atoms with van der Waals surface area (Å²) in [5.41, 5.74) is 1.27. The molecule has 0 unspecified atom stereocenters. The molecule has 0 spiro atoms. The van der Waals surface area contributed by atoms with Crippen LogP contribution in [0, 0.1) is 5.92 Å². The van der Waals surface area contributed by atoms with E-state index in [4.69, 9.17) is 4.74 Å². The first kappa shape index (κ1) is 12.2. The average Bonchev–Trinajstić information content (AvgIpc) is 2.41. The van der Waals surface area contributed by atoms with Crippen molar-refractivity contribution in [2.45, 2.75) is 38.5 Å². The third-order valence-corrected chi connectivity index (χ3v) is 3.62. The van der Waals surface area contributed by atoms with E-state index in [0.717, 1.165) is 11.7 Å². The number of methoxy groups -OCH3 is 1. The van der Waals surface area contributed by atoms with Gasteiger partial charge in [-0.3, -0.25) is 0 Å². The van der Waals surface area contributed by atoms with Crippen LogP contribution in [0.25, 0.3) is 6.08 Å². The molecule has 1 aromatic rings. The highest BCUT2D eigenvalue weighted by atomic mass is 16.5. The maximum absolute atomic E-state index is 5.14. The van der Waals surface area contributed by atoms with Gasteiger partial charge in [-0.2, -0.15) is 0 Å². The van der Waals surface area contributed by atoms with Crippen LogP contribution < -0.4 is 4.74 Å². The third-order valence-electron chi connectivity index (χ3n) is 3.62. The minimum Gasteiger partial charge on any atom is -0.497 e. The Morgan fingerprint density at radius 1 is 1.12 bits per heavy atom. The van der Waals surface area contributed by atoms with Crippen molar-refractivity contribution in [1.82, 2.24) is 0 Å². The molecular weight excluding hydrogens is 208 g/mol. The Morgan fingerprint density at radius 2 is 1.82 bits per heavy atom. The van der Waals surface area contributed by atoms with E-state index in [1.54, 1.807) is 7.11 Å². The van der Waals surface area contributed by atoms with Gasteiger partial charge in [0, 0.05) is 0 Å². The molecule has 0 N–H and O–H groups in total. The monoisotopic (exact) mass is 230 g/mol. The molecule has 1 nitrogen and oxygen atoms in total. The van der Waals surface area contributed by atoms with E-state index >= 15 is 0 Å². The van der Waals surface area contributed by atoms with Crippen LogP contribution in [0.15, 0.2) is 30.3 Å². The van der Waals surface area contributed by atoms with Crippen LogP contribution in [0.3, 0.4) is 0 Å². The second-order valence-corrected chi connectivity index (χ2v) is 4.92. The smallest absolute Gasteiger partial charge is 0.118 e. The largest absolute Gasteiger partial charge is 0.497 e. The van der Waals surface area contributed by atoms with E-state index in [1.165, 1.54) is 44.1 Å². The van der Waals surface area contributed by atoms with Gasteiger partial charge >= 0.3 is 0 Å². The maximum Gasteiger partial charge on any atom is 0.118 e. The molecule has 0 aliphatic heterocycles. The number of rotatable bonds is 4. The molecule has 1 aliphatic rings. The molecule has 0 bridgehead atoms. The van der Waals surface area contributed by atoms with Crippen molar-refractivity contribution in [2.24, 2.45) is 5.92 Å². The van der Waals surface area contributed by atoms with Crippen molar-refractivity contribution in [3.63, 3.8) is 0 Å². The summed E-state index contributed by atoms with van der Waals surface area (Å²) in [6.45, 7) is 0. The summed E-state index contributed by atoms with van der Waals surface area (Å²) >= 11 is 0. The molecule has 0 radical (unpaired) electrons. The Balaban J connectivity index is 1.82. The molecule has 17 heavy (non-hydrogen) atoms. The molecule has 1 aromatic carbocycles. The van der Waals surface area contributed by atoms with Crippen molar-refractivity contribution >= 4 is 6.08 Å². The lowest BCUT2D eigenvalue weighted by molar-refractivity contribution is 0.362. The van der Waals surface area contributed by atoms with Gasteiger partial charge in [0.2, 0.25) is 0 Å². The van der Waals surface area contributed by atoms with Crippen molar-refractivity contribution in [1.29, 1.82) is 0 Å². The van der Waals surface area contributed by atoms with E-state index in [0.29, 0.717) is 0 Å². The van der Waals surface area contributed by atoms with Crippen LogP contribution in [0.1, 0.15) is 44.1 Å². The van der Waals surface area contributed by atoms with Crippen LogP contribution in [0.5, 0.6) is 5.75 Å². The molecule has 92 valence electrons. The lowest BCUT2D eigenvalue weighted by Crippen LogP contribution is -2.04. The van der Waals surface area contributed by atoms with E-state index in [1.807, 2.05) is 12.1 Å². The summed E-state index contributed by atoms with van der Waals surface area (Å²) in [4.78, 5) is 0. The fourth-order valence-corrected chi connectivity index (χ4v) is 2.53. The second-order valence-electron chi connectivity index (χ2n) is 4.92. The quantitative estimate of drug-likeness (QED) is 0.729. The fourth-order valence-electron chi connectivity index (χ4n) is 2.53. The Hall–Kier alpha value is -1.24. The molecule has 1 saturated carbocycles. The zero-order valence-electron chi connectivity index (χ0n) is 10.7. The van der Waals surface area contributed by atoms with Crippen molar-refractivity contribution in [3.8, 4) is 5.75 Å². The third kappa shape index (κ3) is 3.92. The van der Waals surface area contributed by atoms with Crippen LogP contribution in [-0.2, 0) is 0 Å². The van der Waals surface area contributed by atoms with E-state index in [9.17, 15) is 0 Å². The first-order valence-electron chi connectivity index (χ1n) is 6.69. The number of ether oxygens (including phenoxy) is 1. The Morgan fingerprint density at radius 3 is 2.47 bits per heavy atom. The zero-order valence-corrected chi connectivity index (χ0v) is 10.7. The summed E-state index contributed by atoms with van der Waals surface area (Å²) in [7, 11) is 1.70. The second kappa shape index (κ2) is 6.48. The summed E-state index contributed by atoms with van der Waals surface area (Å²) < 4.78 is 5.14. The number of hydrogen-bond acceptors (Lipinski definition) is 1. The number of allylic oxidation sites excluding steroid dienone is 1. The summed E-state index contributed by atoms with van der Waals surface area (Å²) in [6, 6.07) is 8.24. The Labute approximate surface area is 104 Å². The fraction of sp³-hybridized carbons (Fsp3) is 0.500. The average molecular weight is 230 g/mol. The van der Waals surface area contributed by atoms with Crippen molar-refractivity contribution in [3.05, 3.63) is 35.9 Å². The number of hydrogen-bond donors (Lipinski definition) is 0. The van der Waals surface area contributed by atoms with Gasteiger partial charge in [0.15, 0.2) is 0 Å². The first-order valence-corrected chi connectivity index (χ1v) is 6.69. The lowest BCUT2D eigenvalue weighted by Gasteiger charge is -2.19. The predicted molar refractivity (Wildman–Crippen MR) is 73.2 cm³/mol. The molecule has 0 amide bonds. The normalized spacial score (nSPS) is 17.5. The minimum absolute atomic E-state index is 0.925. The van der Waals surface area contributed by atoms with Gasteiger partial charge in [0.25, 0.3) is 0 Å². The highest BCUT2D eigenvalue weighted by Gasteiger charge is 2.10. The van der Waals surface area contributed by atoms with Gasteiger partial charge in [-0.25, -0.2) is 0 Å². The molecule has 0 saturated heterocycles. The van der Waals surface area contributed by atoms with Gasteiger partial charge in [0.05, 0.1) is 7.11 Å². The lowest BCUT2D eigenvalue weighted by atomic mass is 9.87. The van der Waals surface area contributed by atoms with Crippen LogP contribution in [0.4, 0.5) is 0 Å². The highest BCUT2D eigenvalue weighted by molar-refractivity contribution is 5.50. The van der Waals surface area contributed by atoms with Crippen molar-refractivity contribution < 1.29 is 4.74 Å². The van der Waals surface area contributed by atoms with E-state index in [-0.39, 0.29) is 0 Å². The molecule has 1 aliphatic carbocycles. The van der Waals surface area contributed by atoms with Crippen LogP contribution in [0.2, 0.25) is 0 Å². The van der Waals surface area contributed by atoms with Crippen LogP contribution >= 0.6 is 0 Å².